The lowest BCUT2D eigenvalue weighted by molar-refractivity contribution is 0.0614. The summed E-state index contributed by atoms with van der Waals surface area (Å²) in [4.78, 5) is 18.6. The SMILES string of the molecule is CNCC1CCCCN1C(=O)c1cncc(C)c1. The van der Waals surface area contributed by atoms with Crippen LogP contribution in [0.15, 0.2) is 18.5 Å². The van der Waals surface area contributed by atoms with E-state index < -0.39 is 0 Å². The molecular weight excluding hydrogens is 226 g/mol. The van der Waals surface area contributed by atoms with Gasteiger partial charge in [0, 0.05) is 31.5 Å². The fraction of sp³-hybridized carbons (Fsp3) is 0.571. The highest BCUT2D eigenvalue weighted by Gasteiger charge is 2.26. The number of aryl methyl sites for hydroxylation is 1. The molecule has 1 aromatic rings. The third kappa shape index (κ3) is 2.88. The van der Waals surface area contributed by atoms with Crippen molar-refractivity contribution in [2.24, 2.45) is 0 Å². The minimum Gasteiger partial charge on any atom is -0.334 e. The lowest BCUT2D eigenvalue weighted by Crippen LogP contribution is -2.48. The van der Waals surface area contributed by atoms with Crippen LogP contribution in [0.5, 0.6) is 0 Å². The van der Waals surface area contributed by atoms with Crippen LogP contribution in [0.3, 0.4) is 0 Å². The maximum Gasteiger partial charge on any atom is 0.255 e. The second kappa shape index (κ2) is 5.96. The molecule has 1 amide bonds. The van der Waals surface area contributed by atoms with Crippen LogP contribution in [-0.2, 0) is 0 Å². The first-order valence-corrected chi connectivity index (χ1v) is 6.59. The summed E-state index contributed by atoms with van der Waals surface area (Å²) >= 11 is 0. The van der Waals surface area contributed by atoms with Crippen LogP contribution in [0.1, 0.15) is 35.2 Å². The number of amides is 1. The van der Waals surface area contributed by atoms with Gasteiger partial charge < -0.3 is 10.2 Å². The summed E-state index contributed by atoms with van der Waals surface area (Å²) in [5.74, 6) is 0.117. The monoisotopic (exact) mass is 247 g/mol. The molecular formula is C14H21N3O. The Bertz CT molecular complexity index is 417. The molecule has 4 heteroatoms. The number of aromatic nitrogens is 1. The van der Waals surface area contributed by atoms with Gasteiger partial charge in [-0.05, 0) is 44.9 Å². The molecule has 1 saturated heterocycles. The van der Waals surface area contributed by atoms with Crippen LogP contribution < -0.4 is 5.32 Å². The fourth-order valence-electron chi connectivity index (χ4n) is 2.55. The second-order valence-corrected chi connectivity index (χ2v) is 4.96. The summed E-state index contributed by atoms with van der Waals surface area (Å²) < 4.78 is 0. The van der Waals surface area contributed by atoms with Crippen molar-refractivity contribution in [3.8, 4) is 0 Å². The van der Waals surface area contributed by atoms with Gasteiger partial charge in [-0.25, -0.2) is 0 Å². The van der Waals surface area contributed by atoms with Crippen molar-refractivity contribution in [2.75, 3.05) is 20.1 Å². The van der Waals surface area contributed by atoms with E-state index in [2.05, 4.69) is 10.3 Å². The summed E-state index contributed by atoms with van der Waals surface area (Å²) in [7, 11) is 1.94. The molecule has 0 aliphatic carbocycles. The molecule has 4 nitrogen and oxygen atoms in total. The van der Waals surface area contributed by atoms with E-state index in [-0.39, 0.29) is 5.91 Å². The van der Waals surface area contributed by atoms with Crippen LogP contribution in [-0.4, -0.2) is 42.0 Å². The average Bonchev–Trinajstić information content (AvgIpc) is 2.39. The van der Waals surface area contributed by atoms with Crippen molar-refractivity contribution in [3.05, 3.63) is 29.6 Å². The summed E-state index contributed by atoms with van der Waals surface area (Å²) in [5.41, 5.74) is 1.74. The number of likely N-dealkylation sites (tertiary alicyclic amines) is 1. The van der Waals surface area contributed by atoms with Crippen molar-refractivity contribution in [1.29, 1.82) is 0 Å². The zero-order valence-corrected chi connectivity index (χ0v) is 11.1. The van der Waals surface area contributed by atoms with Gasteiger partial charge in [0.1, 0.15) is 0 Å². The number of carbonyl (C=O) groups excluding carboxylic acids is 1. The average molecular weight is 247 g/mol. The number of nitrogens with zero attached hydrogens (tertiary/aromatic N) is 2. The first kappa shape index (κ1) is 13.0. The Morgan fingerprint density at radius 2 is 2.33 bits per heavy atom. The smallest absolute Gasteiger partial charge is 0.255 e. The molecule has 0 spiro atoms. The largest absolute Gasteiger partial charge is 0.334 e. The van der Waals surface area contributed by atoms with Gasteiger partial charge in [-0.3, -0.25) is 9.78 Å². The molecule has 1 fully saturated rings. The molecule has 0 radical (unpaired) electrons. The highest BCUT2D eigenvalue weighted by atomic mass is 16.2. The molecule has 1 aromatic heterocycles. The van der Waals surface area contributed by atoms with E-state index in [1.807, 2.05) is 24.9 Å². The highest BCUT2D eigenvalue weighted by Crippen LogP contribution is 2.19. The number of hydrogen-bond donors (Lipinski definition) is 1. The first-order chi connectivity index (χ1) is 8.72. The third-order valence-electron chi connectivity index (χ3n) is 3.45. The molecule has 1 unspecified atom stereocenters. The standard InChI is InChI=1S/C14H21N3O/c1-11-7-12(9-16-8-11)14(18)17-6-4-3-5-13(17)10-15-2/h7-9,13,15H,3-6,10H2,1-2H3. The van der Waals surface area contributed by atoms with Crippen LogP contribution in [0.4, 0.5) is 0 Å². The normalized spacial score (nSPS) is 19.9. The van der Waals surface area contributed by atoms with E-state index in [1.54, 1.807) is 12.4 Å². The number of carbonyl (C=O) groups is 1. The lowest BCUT2D eigenvalue weighted by Gasteiger charge is -2.35. The van der Waals surface area contributed by atoms with Crippen LogP contribution in [0.2, 0.25) is 0 Å². The molecule has 1 aliphatic heterocycles. The number of nitrogens with one attached hydrogen (secondary N) is 1. The van der Waals surface area contributed by atoms with Crippen molar-refractivity contribution in [1.82, 2.24) is 15.2 Å². The Hall–Kier alpha value is -1.42. The van der Waals surface area contributed by atoms with Gasteiger partial charge in [0.25, 0.3) is 5.91 Å². The molecule has 0 aromatic carbocycles. The molecule has 0 bridgehead atoms. The number of hydrogen-bond acceptors (Lipinski definition) is 3. The van der Waals surface area contributed by atoms with E-state index in [4.69, 9.17) is 0 Å². The molecule has 2 heterocycles. The minimum absolute atomic E-state index is 0.117. The number of rotatable bonds is 3. The second-order valence-electron chi connectivity index (χ2n) is 4.96. The maximum atomic E-state index is 12.5. The van der Waals surface area contributed by atoms with Crippen LogP contribution in [0, 0.1) is 6.92 Å². The van der Waals surface area contributed by atoms with Gasteiger partial charge in [0.2, 0.25) is 0 Å². The molecule has 0 saturated carbocycles. The molecule has 1 aliphatic rings. The van der Waals surface area contributed by atoms with Crippen molar-refractivity contribution >= 4 is 5.91 Å². The third-order valence-corrected chi connectivity index (χ3v) is 3.45. The Balaban J connectivity index is 2.15. The van der Waals surface area contributed by atoms with Crippen LogP contribution in [0.25, 0.3) is 0 Å². The predicted molar refractivity (Wildman–Crippen MR) is 71.6 cm³/mol. The Labute approximate surface area is 108 Å². The number of pyridine rings is 1. The molecule has 1 atom stereocenters. The van der Waals surface area contributed by atoms with Gasteiger partial charge in [0.15, 0.2) is 0 Å². The summed E-state index contributed by atoms with van der Waals surface area (Å²) in [6, 6.07) is 2.23. The quantitative estimate of drug-likeness (QED) is 0.882. The van der Waals surface area contributed by atoms with Crippen LogP contribution >= 0.6 is 0 Å². The zero-order valence-electron chi connectivity index (χ0n) is 11.1. The highest BCUT2D eigenvalue weighted by molar-refractivity contribution is 5.94. The van der Waals surface area contributed by atoms with Gasteiger partial charge in [-0.1, -0.05) is 0 Å². The fourth-order valence-corrected chi connectivity index (χ4v) is 2.55. The zero-order chi connectivity index (χ0) is 13.0. The van der Waals surface area contributed by atoms with Crippen molar-refractivity contribution in [2.45, 2.75) is 32.2 Å². The summed E-state index contributed by atoms with van der Waals surface area (Å²) in [5, 5.41) is 3.18. The molecule has 2 rings (SSSR count). The van der Waals surface area contributed by atoms with Crippen molar-refractivity contribution in [3.63, 3.8) is 0 Å². The van der Waals surface area contributed by atoms with E-state index in [0.717, 1.165) is 31.5 Å². The molecule has 1 N–H and O–H groups in total. The predicted octanol–water partition coefficient (Wildman–Crippen LogP) is 1.60. The summed E-state index contributed by atoms with van der Waals surface area (Å²) in [6.45, 7) is 3.69. The van der Waals surface area contributed by atoms with Gasteiger partial charge in [-0.15, -0.1) is 0 Å². The van der Waals surface area contributed by atoms with Crippen molar-refractivity contribution < 1.29 is 4.79 Å². The Kier molecular flexibility index (Phi) is 4.31. The Morgan fingerprint density at radius 1 is 1.50 bits per heavy atom. The van der Waals surface area contributed by atoms with E-state index in [9.17, 15) is 4.79 Å². The topological polar surface area (TPSA) is 45.2 Å². The lowest BCUT2D eigenvalue weighted by atomic mass is 10.0. The molecule has 98 valence electrons. The Morgan fingerprint density at radius 3 is 3.06 bits per heavy atom. The molecule has 18 heavy (non-hydrogen) atoms. The van der Waals surface area contributed by atoms with Gasteiger partial charge >= 0.3 is 0 Å². The summed E-state index contributed by atoms with van der Waals surface area (Å²) in [6.07, 6.45) is 6.84. The maximum absolute atomic E-state index is 12.5. The van der Waals surface area contributed by atoms with E-state index >= 15 is 0 Å². The van der Waals surface area contributed by atoms with E-state index in [0.29, 0.717) is 11.6 Å². The minimum atomic E-state index is 0.117. The first-order valence-electron chi connectivity index (χ1n) is 6.59. The number of likely N-dealkylation sites (N-methyl/N-ethyl adjacent to an activating group) is 1. The van der Waals surface area contributed by atoms with Gasteiger partial charge in [0.05, 0.1) is 5.56 Å². The van der Waals surface area contributed by atoms with Gasteiger partial charge in [-0.2, -0.15) is 0 Å². The number of piperidine rings is 1. The van der Waals surface area contributed by atoms with E-state index in [1.165, 1.54) is 6.42 Å².